The molecule has 2 amide bonds. The molecule has 134 valence electrons. The van der Waals surface area contributed by atoms with Gasteiger partial charge in [0, 0.05) is 56.4 Å². The number of amides is 2. The van der Waals surface area contributed by atoms with Crippen molar-refractivity contribution in [1.82, 2.24) is 19.9 Å². The van der Waals surface area contributed by atoms with Crippen LogP contribution in [0, 0.1) is 0 Å². The molecule has 0 spiro atoms. The molecule has 8 heteroatoms. The average Bonchev–Trinajstić information content (AvgIpc) is 3.05. The number of nitrogens with zero attached hydrogens (tertiary/aromatic N) is 4. The van der Waals surface area contributed by atoms with Crippen molar-refractivity contribution in [1.29, 1.82) is 0 Å². The van der Waals surface area contributed by atoms with Crippen LogP contribution in [-0.2, 0) is 16.1 Å². The Bertz CT molecular complexity index is 877. The molecule has 3 heterocycles. The van der Waals surface area contributed by atoms with Gasteiger partial charge < -0.3 is 14.3 Å². The summed E-state index contributed by atoms with van der Waals surface area (Å²) in [6.45, 7) is 1.07. The van der Waals surface area contributed by atoms with E-state index in [0.717, 1.165) is 5.56 Å². The molecule has 26 heavy (non-hydrogen) atoms. The van der Waals surface area contributed by atoms with Crippen LogP contribution in [0.25, 0.3) is 11.3 Å². The van der Waals surface area contributed by atoms with Crippen molar-refractivity contribution >= 4 is 11.8 Å². The number of piperazine rings is 1. The zero-order valence-electron chi connectivity index (χ0n) is 14.0. The zero-order valence-corrected chi connectivity index (χ0v) is 14.0. The number of aromatic nitrogens is 2. The zero-order chi connectivity index (χ0) is 17.9. The van der Waals surface area contributed by atoms with Crippen molar-refractivity contribution in [3.05, 3.63) is 36.3 Å². The fourth-order valence-electron chi connectivity index (χ4n) is 4.40. The van der Waals surface area contributed by atoms with Crippen molar-refractivity contribution < 1.29 is 18.5 Å². The van der Waals surface area contributed by atoms with Crippen molar-refractivity contribution in [3.8, 4) is 11.3 Å². The minimum Gasteiger partial charge on any atom is -0.356 e. The normalized spacial score (nSPS) is 30.2. The molecule has 2 aromatic heterocycles. The highest BCUT2D eigenvalue weighted by molar-refractivity contribution is 6.35. The number of carbonyl (C=O) groups is 2. The third kappa shape index (κ3) is 2.17. The minimum absolute atomic E-state index is 0.211. The fourth-order valence-corrected chi connectivity index (χ4v) is 4.40. The van der Waals surface area contributed by atoms with Gasteiger partial charge in [-0.2, -0.15) is 0 Å². The Balaban J connectivity index is 1.27. The van der Waals surface area contributed by atoms with Gasteiger partial charge in [0.2, 0.25) is 0 Å². The fraction of sp³-hybridized carbons (Fsp3) is 0.444. The number of carbonyl (C=O) groups excluding carboxylic acids is 2. The van der Waals surface area contributed by atoms with Crippen LogP contribution in [0.1, 0.15) is 25.0 Å². The molecule has 0 radical (unpaired) electrons. The van der Waals surface area contributed by atoms with E-state index in [-0.39, 0.29) is 6.54 Å². The maximum absolute atomic E-state index is 13.7. The van der Waals surface area contributed by atoms with Gasteiger partial charge in [0.05, 0.1) is 12.1 Å². The molecule has 4 aliphatic rings. The molecule has 4 fully saturated rings. The third-order valence-corrected chi connectivity index (χ3v) is 5.68. The molecule has 2 aromatic rings. The monoisotopic (exact) mass is 356 g/mol. The first-order chi connectivity index (χ1) is 12.5. The van der Waals surface area contributed by atoms with Gasteiger partial charge in [-0.05, 0) is 12.1 Å². The van der Waals surface area contributed by atoms with Crippen LogP contribution in [0.2, 0.25) is 0 Å². The lowest BCUT2D eigenvalue weighted by molar-refractivity contribution is -0.230. The molecule has 3 saturated carbocycles. The van der Waals surface area contributed by atoms with E-state index in [1.54, 1.807) is 29.4 Å². The first-order valence-electron chi connectivity index (χ1n) is 8.64. The molecule has 6 rings (SSSR count). The van der Waals surface area contributed by atoms with Crippen LogP contribution in [0.4, 0.5) is 4.39 Å². The van der Waals surface area contributed by atoms with Crippen LogP contribution in [0.5, 0.6) is 0 Å². The molecule has 3 aliphatic carbocycles. The highest BCUT2D eigenvalue weighted by atomic mass is 19.1. The summed E-state index contributed by atoms with van der Waals surface area (Å²) >= 11 is 0. The highest BCUT2D eigenvalue weighted by Crippen LogP contribution is 2.66. The van der Waals surface area contributed by atoms with Gasteiger partial charge in [-0.3, -0.25) is 14.6 Å². The average molecular weight is 356 g/mol. The molecule has 2 bridgehead atoms. The van der Waals surface area contributed by atoms with E-state index in [9.17, 15) is 14.0 Å². The van der Waals surface area contributed by atoms with E-state index in [1.165, 1.54) is 4.90 Å². The maximum atomic E-state index is 13.7. The minimum atomic E-state index is -1.09. The summed E-state index contributed by atoms with van der Waals surface area (Å²) in [4.78, 5) is 32.0. The van der Waals surface area contributed by atoms with E-state index in [1.807, 2.05) is 6.07 Å². The number of halogens is 1. The van der Waals surface area contributed by atoms with Crippen LogP contribution < -0.4 is 0 Å². The second kappa shape index (κ2) is 5.12. The van der Waals surface area contributed by atoms with Crippen molar-refractivity contribution in [2.75, 3.05) is 13.1 Å². The largest absolute Gasteiger partial charge is 0.356 e. The summed E-state index contributed by atoms with van der Waals surface area (Å²) in [6, 6.07) is 5.40. The summed E-state index contributed by atoms with van der Waals surface area (Å²) in [5.41, 5.74) is -0.132. The standard InChI is InChI=1S/C18H17FN4O3/c19-17-9-18(10-17,11-17)23-5-4-22(15(24)16(23)25)8-13-6-14(26-21-13)12-2-1-3-20-7-12/h1-3,6-7H,4-5,8-11H2. The van der Waals surface area contributed by atoms with Gasteiger partial charge in [0.1, 0.15) is 11.4 Å². The first-order valence-corrected chi connectivity index (χ1v) is 8.64. The van der Waals surface area contributed by atoms with Gasteiger partial charge in [0.15, 0.2) is 5.76 Å². The van der Waals surface area contributed by atoms with Crippen LogP contribution in [-0.4, -0.2) is 56.1 Å². The molecular weight excluding hydrogens is 339 g/mol. The van der Waals surface area contributed by atoms with Gasteiger partial charge in [-0.25, -0.2) is 4.39 Å². The smallest absolute Gasteiger partial charge is 0.312 e. The number of hydrogen-bond donors (Lipinski definition) is 0. The lowest BCUT2D eigenvalue weighted by Crippen LogP contribution is -2.79. The van der Waals surface area contributed by atoms with E-state index in [2.05, 4.69) is 10.1 Å². The SMILES string of the molecule is O=C1C(=O)N(C23CC(F)(C2)C3)CCN1Cc1cc(-c2cccnc2)on1. The van der Waals surface area contributed by atoms with Crippen molar-refractivity contribution in [3.63, 3.8) is 0 Å². The summed E-state index contributed by atoms with van der Waals surface area (Å²) in [7, 11) is 0. The highest BCUT2D eigenvalue weighted by Gasteiger charge is 2.73. The number of rotatable bonds is 4. The molecule has 1 saturated heterocycles. The maximum Gasteiger partial charge on any atom is 0.312 e. The Morgan fingerprint density at radius 3 is 2.69 bits per heavy atom. The topological polar surface area (TPSA) is 79.5 Å². The Morgan fingerprint density at radius 2 is 2.00 bits per heavy atom. The van der Waals surface area contributed by atoms with E-state index >= 15 is 0 Å². The lowest BCUT2D eigenvalue weighted by Gasteiger charge is -2.69. The van der Waals surface area contributed by atoms with Crippen LogP contribution in [0.15, 0.2) is 35.1 Å². The summed E-state index contributed by atoms with van der Waals surface area (Å²) in [5, 5.41) is 3.99. The van der Waals surface area contributed by atoms with Gasteiger partial charge in [-0.1, -0.05) is 5.16 Å². The van der Waals surface area contributed by atoms with Gasteiger partial charge >= 0.3 is 11.8 Å². The third-order valence-electron chi connectivity index (χ3n) is 5.68. The molecule has 7 nitrogen and oxygen atoms in total. The molecule has 0 atom stereocenters. The Kier molecular flexibility index (Phi) is 3.05. The van der Waals surface area contributed by atoms with Crippen molar-refractivity contribution in [2.45, 2.75) is 37.0 Å². The summed E-state index contributed by atoms with van der Waals surface area (Å²) in [5.74, 6) is -0.526. The summed E-state index contributed by atoms with van der Waals surface area (Å²) < 4.78 is 19.1. The number of alkyl halides is 1. The van der Waals surface area contributed by atoms with Gasteiger partial charge in [0.25, 0.3) is 0 Å². The predicted molar refractivity (Wildman–Crippen MR) is 87.3 cm³/mol. The van der Waals surface area contributed by atoms with Crippen molar-refractivity contribution in [2.24, 2.45) is 0 Å². The quantitative estimate of drug-likeness (QED) is 0.777. The van der Waals surface area contributed by atoms with Crippen LogP contribution >= 0.6 is 0 Å². The first kappa shape index (κ1) is 15.5. The summed E-state index contributed by atoms with van der Waals surface area (Å²) in [6.07, 6.45) is 4.45. The lowest BCUT2D eigenvalue weighted by atomic mass is 9.46. The van der Waals surface area contributed by atoms with Crippen LogP contribution in [0.3, 0.4) is 0 Å². The van der Waals surface area contributed by atoms with E-state index in [4.69, 9.17) is 4.52 Å². The molecular formula is C18H17FN4O3. The number of pyridine rings is 1. The van der Waals surface area contributed by atoms with Gasteiger partial charge in [-0.15, -0.1) is 0 Å². The molecule has 0 unspecified atom stereocenters. The number of hydrogen-bond acceptors (Lipinski definition) is 5. The second-order valence-electron chi connectivity index (χ2n) is 7.51. The molecule has 1 aliphatic heterocycles. The Hall–Kier alpha value is -2.77. The Morgan fingerprint density at radius 1 is 1.19 bits per heavy atom. The second-order valence-corrected chi connectivity index (χ2v) is 7.51. The molecule has 0 aromatic carbocycles. The molecule has 0 N–H and O–H groups in total. The Labute approximate surface area is 148 Å². The van der Waals surface area contributed by atoms with E-state index < -0.39 is 23.0 Å². The van der Waals surface area contributed by atoms with E-state index in [0.29, 0.717) is 43.8 Å². The predicted octanol–water partition coefficient (Wildman–Crippen LogP) is 1.55.